The van der Waals surface area contributed by atoms with Crippen LogP contribution in [0.1, 0.15) is 27.7 Å². The van der Waals surface area contributed by atoms with E-state index in [1.165, 1.54) is 0 Å². The SMILES string of the molecule is [BH+][Si-]1C(C)(C)C1(C)C. The summed E-state index contributed by atoms with van der Waals surface area (Å²) in [5.41, 5.74) is 0. The van der Waals surface area contributed by atoms with E-state index >= 15 is 0 Å². The fourth-order valence-corrected chi connectivity index (χ4v) is 3.71. The monoisotopic (exact) mass is 124 g/mol. The van der Waals surface area contributed by atoms with Gasteiger partial charge in [-0.15, -0.1) is 0 Å². The third kappa shape index (κ3) is 0.471. The van der Waals surface area contributed by atoms with Crippen LogP contribution in [0, 0.1) is 0 Å². The molecule has 0 N–H and O–H groups in total. The number of hydrogen-bond donors (Lipinski definition) is 0. The Morgan fingerprint density at radius 1 is 1.00 bits per heavy atom. The van der Waals surface area contributed by atoms with Gasteiger partial charge >= 0.3 is 53.9 Å². The molecule has 1 rings (SSSR count). The second-order valence-electron chi connectivity index (χ2n) is 3.73. The van der Waals surface area contributed by atoms with Gasteiger partial charge in [0.25, 0.3) is 0 Å². The van der Waals surface area contributed by atoms with E-state index in [0.29, 0.717) is 10.1 Å². The molecule has 0 aromatic rings. The average molecular weight is 124 g/mol. The summed E-state index contributed by atoms with van der Waals surface area (Å²) < 4.78 is 0. The molecular weight excluding hydrogens is 111 g/mol. The van der Waals surface area contributed by atoms with Crippen LogP contribution < -0.4 is 0 Å². The zero-order chi connectivity index (χ0) is 6.58. The average Bonchev–Trinajstić information content (AvgIpc) is 1.88. The molecule has 1 aliphatic heterocycles. The fraction of sp³-hybridized carbons (Fsp3) is 1.00. The summed E-state index contributed by atoms with van der Waals surface area (Å²) >= 11 is 0. The van der Waals surface area contributed by atoms with Gasteiger partial charge in [-0.3, -0.25) is 0 Å². The number of rotatable bonds is 0. The molecule has 0 amide bonds. The van der Waals surface area contributed by atoms with Crippen molar-refractivity contribution in [2.75, 3.05) is 0 Å². The Balaban J connectivity index is 2.72. The molecular formula is C6H13BSi. The summed E-state index contributed by atoms with van der Waals surface area (Å²) in [6, 6.07) is 0. The van der Waals surface area contributed by atoms with Crippen LogP contribution in [0.5, 0.6) is 0 Å². The Morgan fingerprint density at radius 2 is 1.12 bits per heavy atom. The second kappa shape index (κ2) is 1.23. The van der Waals surface area contributed by atoms with Crippen LogP contribution in [0.2, 0.25) is 10.1 Å². The van der Waals surface area contributed by atoms with Crippen molar-refractivity contribution in [1.29, 1.82) is 0 Å². The van der Waals surface area contributed by atoms with Crippen LogP contribution in [0.15, 0.2) is 0 Å². The standard InChI is InChI=1S/C6H13BSi/c1-5(2)6(3,4)8(5)7/h7H,1-4H3. The van der Waals surface area contributed by atoms with E-state index in [0.717, 1.165) is 0 Å². The molecule has 1 fully saturated rings. The van der Waals surface area contributed by atoms with Gasteiger partial charge in [0.15, 0.2) is 0 Å². The minimum absolute atomic E-state index is 0.232. The van der Waals surface area contributed by atoms with Crippen LogP contribution in [0.25, 0.3) is 0 Å². The third-order valence-corrected chi connectivity index (χ3v) is 7.03. The van der Waals surface area contributed by atoms with Gasteiger partial charge in [0.2, 0.25) is 0 Å². The Hall–Kier alpha value is 0.282. The number of hydrogen-bond acceptors (Lipinski definition) is 0. The first-order chi connectivity index (χ1) is 3.40. The van der Waals surface area contributed by atoms with E-state index in [4.69, 9.17) is 0 Å². The molecule has 0 bridgehead atoms. The molecule has 0 nitrogen and oxygen atoms in total. The van der Waals surface area contributed by atoms with E-state index < -0.39 is 0 Å². The molecule has 0 saturated carbocycles. The van der Waals surface area contributed by atoms with Crippen molar-refractivity contribution in [2.24, 2.45) is 0 Å². The first-order valence-corrected chi connectivity index (χ1v) is 4.81. The van der Waals surface area contributed by atoms with Crippen LogP contribution in [0.4, 0.5) is 0 Å². The van der Waals surface area contributed by atoms with Crippen LogP contribution in [0.3, 0.4) is 0 Å². The molecule has 0 unspecified atom stereocenters. The van der Waals surface area contributed by atoms with E-state index in [9.17, 15) is 0 Å². The topological polar surface area (TPSA) is 0 Å². The third-order valence-electron chi connectivity index (χ3n) is 3.01. The van der Waals surface area contributed by atoms with Crippen molar-refractivity contribution < 1.29 is 0 Å². The first kappa shape index (κ1) is 6.40. The van der Waals surface area contributed by atoms with Crippen molar-refractivity contribution in [2.45, 2.75) is 37.8 Å². The predicted molar refractivity (Wildman–Crippen MR) is 41.0 cm³/mol. The maximum absolute atomic E-state index is 4.16. The molecule has 0 atom stereocenters. The van der Waals surface area contributed by atoms with Crippen molar-refractivity contribution >= 4 is 16.1 Å². The van der Waals surface area contributed by atoms with Crippen molar-refractivity contribution in [1.82, 2.24) is 0 Å². The Bertz CT molecular complexity index is 104. The molecule has 0 aliphatic carbocycles. The molecule has 8 heavy (non-hydrogen) atoms. The quantitative estimate of drug-likeness (QED) is 0.429. The normalized spacial score (nSPS) is 32.4. The van der Waals surface area contributed by atoms with Gasteiger partial charge < -0.3 is 0 Å². The van der Waals surface area contributed by atoms with Crippen LogP contribution in [-0.2, 0) is 0 Å². The molecule has 0 radical (unpaired) electrons. The second-order valence-corrected chi connectivity index (χ2v) is 7.19. The van der Waals surface area contributed by atoms with Crippen molar-refractivity contribution in [3.8, 4) is 0 Å². The van der Waals surface area contributed by atoms with Gasteiger partial charge in [0, 0.05) is 0 Å². The summed E-state index contributed by atoms with van der Waals surface area (Å²) in [5.74, 6) is 0. The molecule has 0 aromatic carbocycles. The molecule has 0 aromatic heterocycles. The molecule has 1 heterocycles. The van der Waals surface area contributed by atoms with Crippen molar-refractivity contribution in [3.63, 3.8) is 0 Å². The van der Waals surface area contributed by atoms with E-state index in [1.54, 1.807) is 0 Å². The Kier molecular flexibility index (Phi) is 0.985. The van der Waals surface area contributed by atoms with E-state index in [1.807, 2.05) is 0 Å². The summed E-state index contributed by atoms with van der Waals surface area (Å²) in [4.78, 5) is 0. The molecule has 2 heteroatoms. The fourth-order valence-electron chi connectivity index (χ4n) is 1.15. The van der Waals surface area contributed by atoms with Gasteiger partial charge in [-0.25, -0.2) is 0 Å². The predicted octanol–water partition coefficient (Wildman–Crippen LogP) is 1.45. The zero-order valence-electron chi connectivity index (χ0n) is 6.21. The molecule has 1 saturated heterocycles. The summed E-state index contributed by atoms with van der Waals surface area (Å²) in [6.45, 7) is 9.31. The van der Waals surface area contributed by atoms with Gasteiger partial charge in [0.1, 0.15) is 0 Å². The molecule has 1 aliphatic rings. The summed E-state index contributed by atoms with van der Waals surface area (Å²) in [7, 11) is 3.93. The van der Waals surface area contributed by atoms with Crippen LogP contribution >= 0.6 is 0 Å². The molecule has 0 spiro atoms. The first-order valence-electron chi connectivity index (χ1n) is 3.10. The van der Waals surface area contributed by atoms with Crippen molar-refractivity contribution in [3.05, 3.63) is 0 Å². The summed E-state index contributed by atoms with van der Waals surface area (Å²) in [5, 5.41) is 1.19. The summed E-state index contributed by atoms with van der Waals surface area (Å²) in [6.07, 6.45) is 0. The van der Waals surface area contributed by atoms with Gasteiger partial charge in [-0.2, -0.15) is 0 Å². The Morgan fingerprint density at radius 3 is 1.12 bits per heavy atom. The minimum atomic E-state index is -0.232. The van der Waals surface area contributed by atoms with E-state index in [-0.39, 0.29) is 8.67 Å². The van der Waals surface area contributed by atoms with Gasteiger partial charge in [-0.1, -0.05) is 0 Å². The Labute approximate surface area is 54.6 Å². The van der Waals surface area contributed by atoms with Gasteiger partial charge in [-0.05, 0) is 0 Å². The van der Waals surface area contributed by atoms with Gasteiger partial charge in [0.05, 0.1) is 0 Å². The van der Waals surface area contributed by atoms with Crippen LogP contribution in [-0.4, -0.2) is 16.1 Å². The maximum atomic E-state index is 4.16. The molecule has 44 valence electrons. The zero-order valence-corrected chi connectivity index (χ0v) is 7.21. The van der Waals surface area contributed by atoms with E-state index in [2.05, 4.69) is 35.1 Å².